The number of hydrogen-bond acceptors (Lipinski definition) is 4. The van der Waals surface area contributed by atoms with Gasteiger partial charge >= 0.3 is 5.97 Å². The van der Waals surface area contributed by atoms with E-state index in [1.807, 2.05) is 6.07 Å². The minimum absolute atomic E-state index is 0.0287. The third-order valence-electron chi connectivity index (χ3n) is 3.78. The molecule has 1 atom stereocenters. The molecular formula is C15H21NO3. The van der Waals surface area contributed by atoms with E-state index in [-0.39, 0.29) is 17.5 Å². The number of nitrogens with two attached hydrogens (primary N) is 1. The van der Waals surface area contributed by atoms with Crippen molar-refractivity contribution in [3.05, 3.63) is 23.8 Å². The fraction of sp³-hybridized carbons (Fsp3) is 0.533. The van der Waals surface area contributed by atoms with E-state index < -0.39 is 5.97 Å². The molecule has 1 aliphatic carbocycles. The van der Waals surface area contributed by atoms with Crippen LogP contribution in [0.3, 0.4) is 0 Å². The highest BCUT2D eigenvalue weighted by molar-refractivity contribution is 5.70. The van der Waals surface area contributed by atoms with Crippen molar-refractivity contribution in [2.45, 2.75) is 45.1 Å². The number of phenolic OH excluding ortho intramolecular Hbond substituents is 1. The molecule has 0 heterocycles. The largest absolute Gasteiger partial charge is 0.504 e. The number of carbonyl (C=O) groups excluding carboxylic acids is 1. The van der Waals surface area contributed by atoms with Gasteiger partial charge in [0.25, 0.3) is 0 Å². The molecule has 1 fully saturated rings. The predicted molar refractivity (Wildman–Crippen MR) is 72.9 cm³/mol. The molecule has 0 aromatic heterocycles. The van der Waals surface area contributed by atoms with Crippen LogP contribution in [-0.4, -0.2) is 11.1 Å². The molecule has 1 aliphatic rings. The van der Waals surface area contributed by atoms with E-state index in [1.54, 1.807) is 12.1 Å². The van der Waals surface area contributed by atoms with Crippen LogP contribution in [0.15, 0.2) is 18.2 Å². The van der Waals surface area contributed by atoms with Gasteiger partial charge in [-0.1, -0.05) is 25.3 Å². The third kappa shape index (κ3) is 3.47. The summed E-state index contributed by atoms with van der Waals surface area (Å²) < 4.78 is 4.90. The van der Waals surface area contributed by atoms with Gasteiger partial charge in [-0.2, -0.15) is 0 Å². The maximum absolute atomic E-state index is 10.9. The van der Waals surface area contributed by atoms with Gasteiger partial charge in [-0.15, -0.1) is 0 Å². The summed E-state index contributed by atoms with van der Waals surface area (Å²) in [6.45, 7) is 1.31. The standard InChI is InChI=1S/C15H21NO3/c1-10(17)19-14-8-7-12(9-13(14)18)15(16)11-5-3-2-4-6-11/h7-9,11,15,18H,2-6,16H2,1H3/t15-/m0/s1. The van der Waals surface area contributed by atoms with Gasteiger partial charge in [0.1, 0.15) is 0 Å². The van der Waals surface area contributed by atoms with Crippen molar-refractivity contribution in [2.75, 3.05) is 0 Å². The molecule has 0 saturated heterocycles. The number of phenols is 1. The molecule has 2 rings (SSSR count). The molecule has 1 saturated carbocycles. The van der Waals surface area contributed by atoms with Crippen LogP contribution < -0.4 is 10.5 Å². The van der Waals surface area contributed by atoms with E-state index in [9.17, 15) is 9.90 Å². The van der Waals surface area contributed by atoms with Gasteiger partial charge in [-0.3, -0.25) is 4.79 Å². The first-order valence-corrected chi connectivity index (χ1v) is 6.85. The lowest BCUT2D eigenvalue weighted by Gasteiger charge is -2.27. The third-order valence-corrected chi connectivity index (χ3v) is 3.78. The number of benzene rings is 1. The van der Waals surface area contributed by atoms with Crippen molar-refractivity contribution in [2.24, 2.45) is 11.7 Å². The van der Waals surface area contributed by atoms with Gasteiger partial charge in [-0.25, -0.2) is 0 Å². The fourth-order valence-electron chi connectivity index (χ4n) is 2.75. The maximum atomic E-state index is 10.9. The quantitative estimate of drug-likeness (QED) is 0.649. The Hall–Kier alpha value is -1.55. The van der Waals surface area contributed by atoms with Gasteiger partial charge in [0.05, 0.1) is 0 Å². The molecule has 0 unspecified atom stereocenters. The zero-order valence-electron chi connectivity index (χ0n) is 11.3. The molecule has 0 aliphatic heterocycles. The van der Waals surface area contributed by atoms with Crippen molar-refractivity contribution in [1.82, 2.24) is 0 Å². The number of aromatic hydroxyl groups is 1. The van der Waals surface area contributed by atoms with Crippen molar-refractivity contribution >= 4 is 5.97 Å². The highest BCUT2D eigenvalue weighted by Crippen LogP contribution is 2.36. The molecule has 0 radical (unpaired) electrons. The van der Waals surface area contributed by atoms with E-state index in [4.69, 9.17) is 10.5 Å². The van der Waals surface area contributed by atoms with Crippen LogP contribution in [0.5, 0.6) is 11.5 Å². The average molecular weight is 263 g/mol. The van der Waals surface area contributed by atoms with Gasteiger partial charge in [0.2, 0.25) is 0 Å². The van der Waals surface area contributed by atoms with Crippen molar-refractivity contribution in [1.29, 1.82) is 0 Å². The molecule has 1 aromatic carbocycles. The molecule has 0 bridgehead atoms. The lowest BCUT2D eigenvalue weighted by Crippen LogP contribution is -2.23. The molecule has 19 heavy (non-hydrogen) atoms. The van der Waals surface area contributed by atoms with E-state index in [0.29, 0.717) is 5.92 Å². The van der Waals surface area contributed by atoms with Gasteiger partial charge < -0.3 is 15.6 Å². The summed E-state index contributed by atoms with van der Waals surface area (Å²) >= 11 is 0. The Kier molecular flexibility index (Phi) is 4.43. The number of ether oxygens (including phenoxy) is 1. The van der Waals surface area contributed by atoms with Crippen molar-refractivity contribution in [3.8, 4) is 11.5 Å². The SMILES string of the molecule is CC(=O)Oc1ccc([C@@H](N)C2CCCCC2)cc1O. The van der Waals surface area contributed by atoms with Crippen LogP contribution in [0.4, 0.5) is 0 Å². The minimum atomic E-state index is -0.445. The topological polar surface area (TPSA) is 72.5 Å². The highest BCUT2D eigenvalue weighted by atomic mass is 16.5. The van der Waals surface area contributed by atoms with Crippen LogP contribution in [0.1, 0.15) is 50.6 Å². The fourth-order valence-corrected chi connectivity index (χ4v) is 2.75. The number of hydrogen-bond donors (Lipinski definition) is 2. The molecular weight excluding hydrogens is 242 g/mol. The van der Waals surface area contributed by atoms with Gasteiger partial charge in [0, 0.05) is 13.0 Å². The Morgan fingerprint density at radius 1 is 1.37 bits per heavy atom. The summed E-state index contributed by atoms with van der Waals surface area (Å²) in [6, 6.07) is 4.99. The van der Waals surface area contributed by atoms with Crippen LogP contribution in [0.25, 0.3) is 0 Å². The normalized spacial score (nSPS) is 18.0. The molecule has 1 aromatic rings. The van der Waals surface area contributed by atoms with Crippen LogP contribution >= 0.6 is 0 Å². The zero-order valence-corrected chi connectivity index (χ0v) is 11.3. The van der Waals surface area contributed by atoms with E-state index >= 15 is 0 Å². The molecule has 104 valence electrons. The first-order chi connectivity index (χ1) is 9.08. The second-order valence-corrected chi connectivity index (χ2v) is 5.24. The van der Waals surface area contributed by atoms with Crippen molar-refractivity contribution in [3.63, 3.8) is 0 Å². The number of rotatable bonds is 3. The van der Waals surface area contributed by atoms with Gasteiger partial charge in [0.15, 0.2) is 11.5 Å². The molecule has 0 amide bonds. The summed E-state index contributed by atoms with van der Waals surface area (Å²) in [5.74, 6) is 0.193. The van der Waals surface area contributed by atoms with Crippen LogP contribution in [0, 0.1) is 5.92 Å². The first kappa shape index (κ1) is 13.9. The van der Waals surface area contributed by atoms with Crippen LogP contribution in [-0.2, 0) is 4.79 Å². The Morgan fingerprint density at radius 3 is 2.63 bits per heavy atom. The highest BCUT2D eigenvalue weighted by Gasteiger charge is 2.22. The minimum Gasteiger partial charge on any atom is -0.504 e. The second-order valence-electron chi connectivity index (χ2n) is 5.24. The second kappa shape index (κ2) is 6.06. The Morgan fingerprint density at radius 2 is 2.05 bits per heavy atom. The Bertz CT molecular complexity index is 453. The Balaban J connectivity index is 2.11. The monoisotopic (exact) mass is 263 g/mol. The maximum Gasteiger partial charge on any atom is 0.308 e. The number of carbonyl (C=O) groups is 1. The molecule has 3 N–H and O–H groups in total. The van der Waals surface area contributed by atoms with E-state index in [2.05, 4.69) is 0 Å². The summed E-state index contributed by atoms with van der Waals surface area (Å²) in [5.41, 5.74) is 7.17. The summed E-state index contributed by atoms with van der Waals surface area (Å²) in [5, 5.41) is 9.85. The summed E-state index contributed by atoms with van der Waals surface area (Å²) in [6.07, 6.45) is 6.05. The summed E-state index contributed by atoms with van der Waals surface area (Å²) in [4.78, 5) is 10.9. The first-order valence-electron chi connectivity index (χ1n) is 6.85. The van der Waals surface area contributed by atoms with E-state index in [0.717, 1.165) is 18.4 Å². The van der Waals surface area contributed by atoms with E-state index in [1.165, 1.54) is 26.2 Å². The number of esters is 1. The average Bonchev–Trinajstić information content (AvgIpc) is 2.41. The Labute approximate surface area is 113 Å². The molecule has 4 nitrogen and oxygen atoms in total. The summed E-state index contributed by atoms with van der Waals surface area (Å²) in [7, 11) is 0. The zero-order chi connectivity index (χ0) is 13.8. The van der Waals surface area contributed by atoms with Gasteiger partial charge in [-0.05, 0) is 36.5 Å². The smallest absolute Gasteiger partial charge is 0.308 e. The molecule has 0 spiro atoms. The lowest BCUT2D eigenvalue weighted by molar-refractivity contribution is -0.132. The van der Waals surface area contributed by atoms with Crippen molar-refractivity contribution < 1.29 is 14.6 Å². The lowest BCUT2D eigenvalue weighted by atomic mass is 9.81. The van der Waals surface area contributed by atoms with Crippen LogP contribution in [0.2, 0.25) is 0 Å². The predicted octanol–water partition coefficient (Wildman–Crippen LogP) is 2.90. The molecule has 4 heteroatoms.